The van der Waals surface area contributed by atoms with Gasteiger partial charge in [0, 0.05) is 11.5 Å². The van der Waals surface area contributed by atoms with Crippen molar-refractivity contribution in [2.24, 2.45) is 0 Å². The molecule has 106 valence electrons. The van der Waals surface area contributed by atoms with Crippen molar-refractivity contribution in [3.8, 4) is 0 Å². The van der Waals surface area contributed by atoms with Crippen LogP contribution in [0.25, 0.3) is 0 Å². The van der Waals surface area contributed by atoms with E-state index in [1.807, 2.05) is 0 Å². The normalized spacial score (nSPS) is 11.4. The van der Waals surface area contributed by atoms with Gasteiger partial charge < -0.3 is 0 Å². The van der Waals surface area contributed by atoms with Crippen LogP contribution in [0.2, 0.25) is 0 Å². The first-order valence-corrected chi connectivity index (χ1v) is 7.75. The van der Waals surface area contributed by atoms with Crippen molar-refractivity contribution in [2.75, 3.05) is 11.4 Å². The van der Waals surface area contributed by atoms with Gasteiger partial charge in [-0.3, -0.25) is 4.31 Å². The first kappa shape index (κ1) is 14.9. The highest BCUT2D eigenvalue weighted by atomic mass is 79.9. The van der Waals surface area contributed by atoms with Crippen molar-refractivity contribution in [2.45, 2.75) is 4.90 Å². The summed E-state index contributed by atoms with van der Waals surface area (Å²) in [5, 5.41) is 0. The van der Waals surface area contributed by atoms with Crippen LogP contribution < -0.4 is 4.31 Å². The van der Waals surface area contributed by atoms with Crippen molar-refractivity contribution in [1.82, 2.24) is 0 Å². The van der Waals surface area contributed by atoms with Crippen molar-refractivity contribution in [3.63, 3.8) is 0 Å². The molecule has 0 saturated heterocycles. The van der Waals surface area contributed by atoms with E-state index in [1.165, 1.54) is 31.3 Å². The molecule has 0 atom stereocenters. The number of halogens is 3. The molecule has 2 aromatic rings. The zero-order valence-electron chi connectivity index (χ0n) is 10.3. The van der Waals surface area contributed by atoms with Gasteiger partial charge in [0.1, 0.15) is 16.5 Å². The van der Waals surface area contributed by atoms with Crippen LogP contribution >= 0.6 is 15.9 Å². The molecule has 0 aliphatic rings. The zero-order chi connectivity index (χ0) is 14.9. The first-order valence-electron chi connectivity index (χ1n) is 5.52. The molecule has 0 aliphatic carbocycles. The number of hydrogen-bond donors (Lipinski definition) is 0. The zero-order valence-corrected chi connectivity index (χ0v) is 12.7. The number of sulfonamides is 1. The predicted molar refractivity (Wildman–Crippen MR) is 76.1 cm³/mol. The Labute approximate surface area is 124 Å². The van der Waals surface area contributed by atoms with E-state index in [4.69, 9.17) is 0 Å². The Morgan fingerprint density at radius 1 is 1.10 bits per heavy atom. The maximum Gasteiger partial charge on any atom is 0.266 e. The molecule has 20 heavy (non-hydrogen) atoms. The van der Waals surface area contributed by atoms with Gasteiger partial charge in [-0.1, -0.05) is 22.0 Å². The maximum atomic E-state index is 13.8. The Hall–Kier alpha value is -1.47. The quantitative estimate of drug-likeness (QED) is 0.838. The lowest BCUT2D eigenvalue weighted by Crippen LogP contribution is -2.27. The van der Waals surface area contributed by atoms with Crippen LogP contribution in [0.15, 0.2) is 51.8 Å². The molecule has 0 aromatic heterocycles. The number of hydrogen-bond acceptors (Lipinski definition) is 2. The molecule has 0 N–H and O–H groups in total. The van der Waals surface area contributed by atoms with E-state index < -0.39 is 26.6 Å². The maximum absolute atomic E-state index is 13.8. The molecule has 2 rings (SSSR count). The largest absolute Gasteiger partial charge is 0.269 e. The van der Waals surface area contributed by atoms with E-state index in [0.717, 1.165) is 22.5 Å². The van der Waals surface area contributed by atoms with Gasteiger partial charge in [-0.25, -0.2) is 17.2 Å². The second-order valence-corrected chi connectivity index (χ2v) is 6.88. The summed E-state index contributed by atoms with van der Waals surface area (Å²) in [6.07, 6.45) is 0. The number of rotatable bonds is 3. The molecule has 0 heterocycles. The van der Waals surface area contributed by atoms with Crippen LogP contribution in [-0.2, 0) is 10.0 Å². The molecule has 7 heteroatoms. The summed E-state index contributed by atoms with van der Waals surface area (Å²) in [4.78, 5) is -0.465. The molecular weight excluding hydrogens is 352 g/mol. The fraction of sp³-hybridized carbons (Fsp3) is 0.0769. The fourth-order valence-electron chi connectivity index (χ4n) is 1.64. The number of benzene rings is 2. The Morgan fingerprint density at radius 3 is 2.40 bits per heavy atom. The SMILES string of the molecule is CN(c1cccc(F)c1)S(=O)(=O)c1ccc(Br)cc1F. The molecule has 0 fully saturated rings. The molecule has 0 aliphatic heterocycles. The highest BCUT2D eigenvalue weighted by Crippen LogP contribution is 2.26. The molecular formula is C13H10BrF2NO2S. The molecule has 3 nitrogen and oxygen atoms in total. The van der Waals surface area contributed by atoms with Crippen LogP contribution in [0, 0.1) is 11.6 Å². The number of nitrogens with zero attached hydrogens (tertiary/aromatic N) is 1. The van der Waals surface area contributed by atoms with E-state index in [0.29, 0.717) is 4.47 Å². The summed E-state index contributed by atoms with van der Waals surface area (Å²) < 4.78 is 52.9. The van der Waals surface area contributed by atoms with Gasteiger partial charge in [-0.05, 0) is 36.4 Å². The highest BCUT2D eigenvalue weighted by Gasteiger charge is 2.25. The minimum atomic E-state index is -4.09. The van der Waals surface area contributed by atoms with E-state index in [9.17, 15) is 17.2 Å². The second-order valence-electron chi connectivity index (χ2n) is 4.03. The summed E-state index contributed by atoms with van der Waals surface area (Å²) >= 11 is 3.06. The second kappa shape index (κ2) is 5.49. The topological polar surface area (TPSA) is 37.4 Å². The lowest BCUT2D eigenvalue weighted by molar-refractivity contribution is 0.565. The van der Waals surface area contributed by atoms with Gasteiger partial charge in [0.15, 0.2) is 0 Å². The Morgan fingerprint density at radius 2 is 1.80 bits per heavy atom. The predicted octanol–water partition coefficient (Wildman–Crippen LogP) is 3.55. The lowest BCUT2D eigenvalue weighted by atomic mass is 10.3. The average molecular weight is 362 g/mol. The molecule has 0 unspecified atom stereocenters. The van der Waals surface area contributed by atoms with E-state index >= 15 is 0 Å². The van der Waals surface area contributed by atoms with Gasteiger partial charge in [-0.2, -0.15) is 0 Å². The summed E-state index contributed by atoms with van der Waals surface area (Å²) in [6, 6.07) is 8.72. The third-order valence-electron chi connectivity index (χ3n) is 2.70. The van der Waals surface area contributed by atoms with Gasteiger partial charge >= 0.3 is 0 Å². The molecule has 0 radical (unpaired) electrons. The Kier molecular flexibility index (Phi) is 4.10. The van der Waals surface area contributed by atoms with Crippen LogP contribution in [0.3, 0.4) is 0 Å². The van der Waals surface area contributed by atoms with Gasteiger partial charge in [0.25, 0.3) is 10.0 Å². The summed E-state index contributed by atoms with van der Waals surface area (Å²) in [5.41, 5.74) is 0.118. The molecule has 0 spiro atoms. The summed E-state index contributed by atoms with van der Waals surface area (Å²) in [6.45, 7) is 0. The number of anilines is 1. The molecule has 0 saturated carbocycles. The van der Waals surface area contributed by atoms with Gasteiger partial charge in [0.05, 0.1) is 5.69 Å². The van der Waals surface area contributed by atoms with Crippen molar-refractivity contribution in [3.05, 3.63) is 58.6 Å². The van der Waals surface area contributed by atoms with Crippen LogP contribution in [0.5, 0.6) is 0 Å². The monoisotopic (exact) mass is 361 g/mol. The van der Waals surface area contributed by atoms with Crippen LogP contribution in [0.4, 0.5) is 14.5 Å². The minimum absolute atomic E-state index is 0.118. The molecule has 0 bridgehead atoms. The third kappa shape index (κ3) is 2.83. The van der Waals surface area contributed by atoms with Crippen molar-refractivity contribution < 1.29 is 17.2 Å². The Bertz CT molecular complexity index is 750. The van der Waals surface area contributed by atoms with E-state index in [2.05, 4.69) is 15.9 Å². The smallest absolute Gasteiger partial charge is 0.266 e. The first-order chi connectivity index (χ1) is 9.32. The minimum Gasteiger partial charge on any atom is -0.269 e. The van der Waals surface area contributed by atoms with E-state index in [1.54, 1.807) is 0 Å². The standard InChI is InChI=1S/C13H10BrF2NO2S/c1-17(11-4-2-3-10(15)8-11)20(18,19)13-6-5-9(14)7-12(13)16/h2-8H,1H3. The van der Waals surface area contributed by atoms with Gasteiger partial charge in [0.2, 0.25) is 0 Å². The Balaban J connectivity index is 2.49. The van der Waals surface area contributed by atoms with Gasteiger partial charge in [-0.15, -0.1) is 0 Å². The van der Waals surface area contributed by atoms with Crippen LogP contribution in [-0.4, -0.2) is 15.5 Å². The highest BCUT2D eigenvalue weighted by molar-refractivity contribution is 9.10. The third-order valence-corrected chi connectivity index (χ3v) is 5.02. The summed E-state index contributed by atoms with van der Waals surface area (Å²) in [5.74, 6) is -1.44. The van der Waals surface area contributed by atoms with Crippen molar-refractivity contribution in [1.29, 1.82) is 0 Å². The van der Waals surface area contributed by atoms with Crippen LogP contribution in [0.1, 0.15) is 0 Å². The fourth-order valence-corrected chi connectivity index (χ4v) is 3.21. The summed E-state index contributed by atoms with van der Waals surface area (Å²) in [7, 11) is -2.84. The van der Waals surface area contributed by atoms with Crippen molar-refractivity contribution >= 4 is 31.6 Å². The molecule has 2 aromatic carbocycles. The molecule has 0 amide bonds. The van der Waals surface area contributed by atoms with E-state index in [-0.39, 0.29) is 5.69 Å². The average Bonchev–Trinajstić information content (AvgIpc) is 2.37. The lowest BCUT2D eigenvalue weighted by Gasteiger charge is -2.19.